The summed E-state index contributed by atoms with van der Waals surface area (Å²) in [4.78, 5) is 71.0. The maximum absolute atomic E-state index is 13.4. The van der Waals surface area contributed by atoms with Gasteiger partial charge in [0.05, 0.1) is 19.5 Å². The van der Waals surface area contributed by atoms with Crippen molar-refractivity contribution in [2.24, 2.45) is 0 Å². The van der Waals surface area contributed by atoms with Gasteiger partial charge in [0.1, 0.15) is 48.3 Å². The molecule has 2 fully saturated rings. The summed E-state index contributed by atoms with van der Waals surface area (Å²) in [5, 5.41) is 11.5. The quantitative estimate of drug-likeness (QED) is 0.0656. The largest absolute Gasteiger partial charge is 0.472 e. The van der Waals surface area contributed by atoms with E-state index in [1.165, 1.54) is 30.3 Å². The van der Waals surface area contributed by atoms with Crippen LogP contribution in [0.2, 0.25) is 0 Å². The second-order valence-electron chi connectivity index (χ2n) is 12.1. The number of aliphatic hydroxyl groups excluding tert-OH is 1. The number of anilines is 2. The van der Waals surface area contributed by atoms with Gasteiger partial charge in [-0.3, -0.25) is 22.7 Å². The fraction of sp³-hybridized carbons (Fsp3) is 0.448. The Hall–Kier alpha value is -4.22. The lowest BCUT2D eigenvalue weighted by atomic mass is 10.1. The van der Waals surface area contributed by atoms with Crippen molar-refractivity contribution < 1.29 is 66.2 Å². The van der Waals surface area contributed by atoms with Crippen molar-refractivity contribution in [1.82, 2.24) is 29.1 Å². The molecule has 5 unspecified atom stereocenters. The third-order valence-electron chi connectivity index (χ3n) is 8.45. The van der Waals surface area contributed by atoms with E-state index >= 15 is 0 Å². The Kier molecular flexibility index (Phi) is 11.9. The van der Waals surface area contributed by atoms with Crippen LogP contribution in [0, 0.1) is 0 Å². The molecule has 0 bridgehead atoms. The Balaban J connectivity index is 1.21. The van der Waals surface area contributed by atoms with Crippen molar-refractivity contribution in [3.63, 3.8) is 0 Å². The number of fused-ring (bicyclic) bond motifs is 1. The fourth-order valence-electron chi connectivity index (χ4n) is 5.90. The van der Waals surface area contributed by atoms with Gasteiger partial charge in [-0.2, -0.15) is 4.98 Å². The number of nitrogens with zero attached hydrogens (tertiary/aromatic N) is 6. The van der Waals surface area contributed by atoms with E-state index < -0.39 is 89.6 Å². The second kappa shape index (κ2) is 16.3. The van der Waals surface area contributed by atoms with Crippen LogP contribution in [-0.4, -0.2) is 112 Å². The van der Waals surface area contributed by atoms with E-state index in [0.717, 1.165) is 16.5 Å². The predicted octanol–water partition coefficient (Wildman–Crippen LogP) is -0.426. The number of phosphoric acid groups is 2. The molecule has 3 aromatic heterocycles. The number of carbonyl (C=O) groups is 1. The number of imidazole rings is 1. The minimum atomic E-state index is -5.15. The number of ether oxygens (including phenoxy) is 4. The van der Waals surface area contributed by atoms with E-state index in [1.807, 2.05) is 0 Å². The second-order valence-corrected chi connectivity index (χ2v) is 14.7. The van der Waals surface area contributed by atoms with Crippen LogP contribution < -0.4 is 17.2 Å². The van der Waals surface area contributed by atoms with Gasteiger partial charge in [-0.1, -0.05) is 30.3 Å². The molecule has 9 atom stereocenters. The summed E-state index contributed by atoms with van der Waals surface area (Å²) < 4.78 is 65.1. The molecule has 292 valence electrons. The summed E-state index contributed by atoms with van der Waals surface area (Å²) >= 11 is 0. The average molecular weight is 799 g/mol. The first-order valence-electron chi connectivity index (χ1n) is 16.0. The van der Waals surface area contributed by atoms with Crippen molar-refractivity contribution >= 4 is 44.4 Å². The third kappa shape index (κ3) is 9.17. The van der Waals surface area contributed by atoms with Gasteiger partial charge in [-0.25, -0.2) is 33.7 Å². The van der Waals surface area contributed by atoms with Crippen LogP contribution in [0.4, 0.5) is 11.6 Å². The van der Waals surface area contributed by atoms with E-state index in [9.17, 15) is 38.5 Å². The highest BCUT2D eigenvalue weighted by atomic mass is 31.2. The van der Waals surface area contributed by atoms with Gasteiger partial charge in [0.2, 0.25) is 0 Å². The maximum atomic E-state index is 13.4. The molecule has 0 aliphatic carbocycles. The average Bonchev–Trinajstić information content (AvgIpc) is 3.81. The van der Waals surface area contributed by atoms with Gasteiger partial charge in [0.25, 0.3) is 0 Å². The number of methoxy groups -OCH3 is 1. The Bertz CT molecular complexity index is 2100. The number of nitrogens with two attached hydrogens (primary N) is 2. The first kappa shape index (κ1) is 39.5. The molecule has 8 N–H and O–H groups in total. The highest BCUT2D eigenvalue weighted by Crippen LogP contribution is 2.50. The zero-order valence-corrected chi connectivity index (χ0v) is 29.9. The highest BCUT2D eigenvalue weighted by molar-refractivity contribution is 7.47. The normalized spacial score (nSPS) is 26.1. The van der Waals surface area contributed by atoms with Crippen molar-refractivity contribution in [3.8, 4) is 0 Å². The minimum absolute atomic E-state index is 0.0384. The van der Waals surface area contributed by atoms with Crippen molar-refractivity contribution in [2.75, 3.05) is 31.8 Å². The lowest BCUT2D eigenvalue weighted by molar-refractivity contribution is -0.168. The molecular weight excluding hydrogens is 762 g/mol. The lowest BCUT2D eigenvalue weighted by Crippen LogP contribution is -2.41. The number of benzene rings is 1. The monoisotopic (exact) mass is 798 g/mol. The molecule has 25 heteroatoms. The molecule has 0 spiro atoms. The Morgan fingerprint density at radius 1 is 1.02 bits per heavy atom. The summed E-state index contributed by atoms with van der Waals surface area (Å²) in [6.45, 7) is -1.64. The highest BCUT2D eigenvalue weighted by Gasteiger charge is 2.50. The van der Waals surface area contributed by atoms with Crippen LogP contribution in [0.3, 0.4) is 0 Å². The molecular formula is C29H36N8O15P2. The number of nitrogen functional groups attached to an aromatic ring is 2. The summed E-state index contributed by atoms with van der Waals surface area (Å²) in [7, 11) is -8.88. The van der Waals surface area contributed by atoms with Crippen LogP contribution in [0.5, 0.6) is 0 Å². The van der Waals surface area contributed by atoms with Crippen molar-refractivity contribution in [2.45, 2.75) is 61.9 Å². The van der Waals surface area contributed by atoms with E-state index in [-0.39, 0.29) is 35.6 Å². The Morgan fingerprint density at radius 3 is 2.46 bits per heavy atom. The minimum Gasteiger partial charge on any atom is -0.455 e. The summed E-state index contributed by atoms with van der Waals surface area (Å²) in [5.74, 6) is -0.939. The number of aromatic nitrogens is 6. The first-order chi connectivity index (χ1) is 25.6. The van der Waals surface area contributed by atoms with Crippen molar-refractivity contribution in [3.05, 3.63) is 71.3 Å². The number of aliphatic hydroxyl groups is 1. The van der Waals surface area contributed by atoms with Crippen LogP contribution in [-0.2, 0) is 52.9 Å². The van der Waals surface area contributed by atoms with E-state index in [0.29, 0.717) is 0 Å². The zero-order valence-electron chi connectivity index (χ0n) is 28.2. The van der Waals surface area contributed by atoms with Crippen LogP contribution in [0.15, 0.2) is 60.0 Å². The smallest absolute Gasteiger partial charge is 0.455 e. The molecule has 5 heterocycles. The van der Waals surface area contributed by atoms with E-state index in [2.05, 4.69) is 24.5 Å². The van der Waals surface area contributed by atoms with Crippen LogP contribution in [0.1, 0.15) is 24.4 Å². The molecule has 2 saturated heterocycles. The lowest BCUT2D eigenvalue weighted by Gasteiger charge is -2.25. The first-order valence-corrected chi connectivity index (χ1v) is 19.0. The Morgan fingerprint density at radius 2 is 1.76 bits per heavy atom. The SMILES string of the molecule is CO[C@H](Cc1ccccc1)C(=O)OC1C(COP(=O)(O)O[C@H]2C[C@H](n3ccc(N)nc3=O)O[C@@H]2COP(=O)(O)O)OC(n2cnc3c(N)ncnc32)C1O. The number of hydrogen-bond donors (Lipinski definition) is 6. The van der Waals surface area contributed by atoms with Crippen LogP contribution >= 0.6 is 15.6 Å². The molecule has 6 rings (SSSR count). The molecule has 1 aromatic carbocycles. The van der Waals surface area contributed by atoms with Gasteiger partial charge in [-0.15, -0.1) is 0 Å². The number of phosphoric ester groups is 2. The van der Waals surface area contributed by atoms with Gasteiger partial charge in [0.15, 0.2) is 29.9 Å². The zero-order chi connectivity index (χ0) is 38.8. The van der Waals surface area contributed by atoms with Crippen LogP contribution in [0.25, 0.3) is 11.2 Å². The van der Waals surface area contributed by atoms with Gasteiger partial charge in [-0.05, 0) is 11.6 Å². The molecule has 2 aliphatic rings. The molecule has 54 heavy (non-hydrogen) atoms. The molecule has 0 amide bonds. The third-order valence-corrected chi connectivity index (χ3v) is 9.95. The van der Waals surface area contributed by atoms with E-state index in [4.69, 9.17) is 39.5 Å². The van der Waals surface area contributed by atoms with Gasteiger partial charge < -0.3 is 50.2 Å². The molecule has 0 saturated carbocycles. The molecule has 2 aliphatic heterocycles. The summed E-state index contributed by atoms with van der Waals surface area (Å²) in [5.41, 5.74) is 11.7. The number of rotatable bonds is 15. The van der Waals surface area contributed by atoms with E-state index in [1.54, 1.807) is 30.3 Å². The predicted molar refractivity (Wildman–Crippen MR) is 181 cm³/mol. The molecule has 23 nitrogen and oxygen atoms in total. The fourth-order valence-corrected chi connectivity index (χ4v) is 7.20. The maximum Gasteiger partial charge on any atom is 0.472 e. The topological polar surface area (TPSA) is 327 Å². The number of esters is 1. The standard InChI is InChI=1S/C29H36N8O15P2/c1-46-17(9-15-5-3-2-4-6-15)28(39)51-24-19(50-27(23(24)38)37-14-34-22-25(31)32-13-33-26(22)37)12-48-54(44,45)52-16-10-21(36-8-7-20(30)35-29(36)40)49-18(16)11-47-53(41,42)43/h2-8,13-14,16-19,21,23-24,27,38H,9-12H2,1H3,(H,44,45)(H2,30,35,40)(H2,31,32,33)(H2,41,42,43)/t16-,17+,18+,19?,21+,23?,24?,27?/m0/s1. The van der Waals surface area contributed by atoms with Gasteiger partial charge >= 0.3 is 27.3 Å². The summed E-state index contributed by atoms with van der Waals surface area (Å²) in [6.07, 6.45) is -7.61. The summed E-state index contributed by atoms with van der Waals surface area (Å²) in [6, 6.07) is 10.2. The number of hydrogen-bond acceptors (Lipinski definition) is 18. The van der Waals surface area contributed by atoms with Crippen molar-refractivity contribution in [1.29, 1.82) is 0 Å². The Labute approximate surface area is 304 Å². The molecule has 4 aromatic rings. The number of carbonyl (C=O) groups excluding carboxylic acids is 1. The molecule has 0 radical (unpaired) electrons. The van der Waals surface area contributed by atoms with Gasteiger partial charge in [0, 0.05) is 26.1 Å².